The zero-order valence-corrected chi connectivity index (χ0v) is 14.3. The quantitative estimate of drug-likeness (QED) is 0.781. The summed E-state index contributed by atoms with van der Waals surface area (Å²) >= 11 is 1.82. The molecule has 0 aliphatic carbocycles. The van der Waals surface area contributed by atoms with E-state index < -0.39 is 10.0 Å². The molecule has 1 aromatic carbocycles. The van der Waals surface area contributed by atoms with Crippen molar-refractivity contribution < 1.29 is 8.42 Å². The van der Waals surface area contributed by atoms with E-state index in [2.05, 4.69) is 12.2 Å². The van der Waals surface area contributed by atoms with Gasteiger partial charge in [0.05, 0.1) is 4.90 Å². The van der Waals surface area contributed by atoms with Crippen molar-refractivity contribution in [3.63, 3.8) is 0 Å². The highest BCUT2D eigenvalue weighted by molar-refractivity contribution is 7.99. The minimum atomic E-state index is -3.36. The van der Waals surface area contributed by atoms with Crippen molar-refractivity contribution in [1.82, 2.24) is 9.62 Å². The van der Waals surface area contributed by atoms with Crippen molar-refractivity contribution >= 4 is 21.8 Å². The Morgan fingerprint density at radius 1 is 1.33 bits per heavy atom. The van der Waals surface area contributed by atoms with Crippen LogP contribution in [0.15, 0.2) is 29.2 Å². The Kier molecular flexibility index (Phi) is 6.10. The topological polar surface area (TPSA) is 49.4 Å². The number of hydrogen-bond acceptors (Lipinski definition) is 4. The molecule has 21 heavy (non-hydrogen) atoms. The molecule has 2 rings (SSSR count). The molecule has 1 saturated heterocycles. The first-order valence-electron chi connectivity index (χ1n) is 7.41. The van der Waals surface area contributed by atoms with Gasteiger partial charge in [0.25, 0.3) is 0 Å². The van der Waals surface area contributed by atoms with Gasteiger partial charge >= 0.3 is 0 Å². The van der Waals surface area contributed by atoms with Gasteiger partial charge in [0.2, 0.25) is 10.0 Å². The summed E-state index contributed by atoms with van der Waals surface area (Å²) in [5.41, 5.74) is 1.11. The SMILES string of the molecule is CCCNCc1ccc(S(=O)(=O)N(C)C2CCSC2)cc1. The lowest BCUT2D eigenvalue weighted by Crippen LogP contribution is -2.36. The van der Waals surface area contributed by atoms with Gasteiger partial charge in [0, 0.05) is 25.4 Å². The van der Waals surface area contributed by atoms with Gasteiger partial charge in [-0.2, -0.15) is 16.1 Å². The predicted octanol–water partition coefficient (Wildman–Crippen LogP) is 2.31. The third kappa shape index (κ3) is 4.22. The van der Waals surface area contributed by atoms with Crippen molar-refractivity contribution in [2.45, 2.75) is 37.2 Å². The van der Waals surface area contributed by atoms with E-state index in [4.69, 9.17) is 0 Å². The second-order valence-electron chi connectivity index (χ2n) is 5.36. The summed E-state index contributed by atoms with van der Waals surface area (Å²) < 4.78 is 26.7. The number of sulfonamides is 1. The molecule has 1 aromatic rings. The molecule has 6 heteroatoms. The van der Waals surface area contributed by atoms with Crippen molar-refractivity contribution in [3.8, 4) is 0 Å². The van der Waals surface area contributed by atoms with E-state index >= 15 is 0 Å². The number of thioether (sulfide) groups is 1. The van der Waals surface area contributed by atoms with Crippen LogP contribution in [0.5, 0.6) is 0 Å². The Morgan fingerprint density at radius 3 is 2.62 bits per heavy atom. The number of benzene rings is 1. The molecule has 1 unspecified atom stereocenters. The molecule has 0 saturated carbocycles. The van der Waals surface area contributed by atoms with Crippen molar-refractivity contribution in [1.29, 1.82) is 0 Å². The van der Waals surface area contributed by atoms with Crippen LogP contribution < -0.4 is 5.32 Å². The van der Waals surface area contributed by atoms with Gasteiger partial charge in [-0.3, -0.25) is 0 Å². The van der Waals surface area contributed by atoms with Crippen LogP contribution in [0.4, 0.5) is 0 Å². The lowest BCUT2D eigenvalue weighted by Gasteiger charge is -2.23. The molecule has 118 valence electrons. The number of nitrogens with zero attached hydrogens (tertiary/aromatic N) is 1. The third-order valence-corrected chi connectivity index (χ3v) is 6.85. The fraction of sp³-hybridized carbons (Fsp3) is 0.600. The Hall–Kier alpha value is -0.560. The van der Waals surface area contributed by atoms with Gasteiger partial charge in [-0.25, -0.2) is 8.42 Å². The second-order valence-corrected chi connectivity index (χ2v) is 8.51. The first kappa shape index (κ1) is 16.8. The van der Waals surface area contributed by atoms with Crippen LogP contribution in [-0.2, 0) is 16.6 Å². The molecule has 0 spiro atoms. The standard InChI is InChI=1S/C15H24N2O2S2/c1-3-9-16-11-13-4-6-15(7-5-13)21(18,19)17(2)14-8-10-20-12-14/h4-7,14,16H,3,8-12H2,1-2H3. The molecule has 1 N–H and O–H groups in total. The van der Waals surface area contributed by atoms with Crippen LogP contribution in [0.3, 0.4) is 0 Å². The zero-order chi connectivity index (χ0) is 15.3. The molecule has 0 amide bonds. The molecule has 1 fully saturated rings. The summed E-state index contributed by atoms with van der Waals surface area (Å²) in [6.45, 7) is 3.88. The molecule has 0 radical (unpaired) electrons. The average molecular weight is 329 g/mol. The summed E-state index contributed by atoms with van der Waals surface area (Å²) in [6.07, 6.45) is 2.04. The highest BCUT2D eigenvalue weighted by Gasteiger charge is 2.30. The highest BCUT2D eigenvalue weighted by atomic mass is 32.2. The normalized spacial score (nSPS) is 19.3. The van der Waals surface area contributed by atoms with Crippen LogP contribution >= 0.6 is 11.8 Å². The van der Waals surface area contributed by atoms with Crippen molar-refractivity contribution in [2.75, 3.05) is 25.1 Å². The van der Waals surface area contributed by atoms with Crippen molar-refractivity contribution in [3.05, 3.63) is 29.8 Å². The molecule has 1 aliphatic rings. The number of hydrogen-bond donors (Lipinski definition) is 1. The zero-order valence-electron chi connectivity index (χ0n) is 12.7. The second kappa shape index (κ2) is 7.63. The molecular formula is C15H24N2O2S2. The first-order chi connectivity index (χ1) is 10.1. The molecule has 4 nitrogen and oxygen atoms in total. The Labute approximate surface area is 132 Å². The minimum absolute atomic E-state index is 0.130. The Morgan fingerprint density at radius 2 is 2.05 bits per heavy atom. The summed E-state index contributed by atoms with van der Waals surface area (Å²) in [4.78, 5) is 0.390. The van der Waals surface area contributed by atoms with Crippen LogP contribution in [0, 0.1) is 0 Å². The van der Waals surface area contributed by atoms with Crippen LogP contribution in [0.1, 0.15) is 25.3 Å². The monoisotopic (exact) mass is 328 g/mol. The fourth-order valence-corrected chi connectivity index (χ4v) is 5.11. The molecule has 0 bridgehead atoms. The van der Waals surface area contributed by atoms with E-state index in [1.807, 2.05) is 23.9 Å². The van der Waals surface area contributed by atoms with Gasteiger partial charge in [-0.05, 0) is 42.8 Å². The van der Waals surface area contributed by atoms with Gasteiger partial charge < -0.3 is 5.32 Å². The van der Waals surface area contributed by atoms with Gasteiger partial charge in [0.15, 0.2) is 0 Å². The molecular weight excluding hydrogens is 304 g/mol. The van der Waals surface area contributed by atoms with Gasteiger partial charge in [-0.15, -0.1) is 0 Å². The molecule has 0 aromatic heterocycles. The Bertz CT molecular complexity index is 537. The fourth-order valence-electron chi connectivity index (χ4n) is 2.36. The molecule has 1 aliphatic heterocycles. The van der Waals surface area contributed by atoms with E-state index in [9.17, 15) is 8.42 Å². The molecule has 1 atom stereocenters. The van der Waals surface area contributed by atoms with Crippen LogP contribution in [0.2, 0.25) is 0 Å². The highest BCUT2D eigenvalue weighted by Crippen LogP contribution is 2.26. The molecule has 1 heterocycles. The van der Waals surface area contributed by atoms with E-state index in [-0.39, 0.29) is 6.04 Å². The summed E-state index contributed by atoms with van der Waals surface area (Å²) in [7, 11) is -1.67. The maximum absolute atomic E-state index is 12.6. The third-order valence-electron chi connectivity index (χ3n) is 3.78. The van der Waals surface area contributed by atoms with E-state index in [0.717, 1.165) is 43.0 Å². The number of rotatable bonds is 7. The van der Waals surface area contributed by atoms with Crippen LogP contribution in [-0.4, -0.2) is 43.9 Å². The van der Waals surface area contributed by atoms with Crippen molar-refractivity contribution in [2.24, 2.45) is 0 Å². The van der Waals surface area contributed by atoms with Gasteiger partial charge in [0.1, 0.15) is 0 Å². The maximum atomic E-state index is 12.6. The average Bonchev–Trinajstić information content (AvgIpc) is 3.01. The minimum Gasteiger partial charge on any atom is -0.313 e. The van der Waals surface area contributed by atoms with Crippen LogP contribution in [0.25, 0.3) is 0 Å². The van der Waals surface area contributed by atoms with Gasteiger partial charge in [-0.1, -0.05) is 19.1 Å². The van der Waals surface area contributed by atoms with E-state index in [1.165, 1.54) is 4.31 Å². The Balaban J connectivity index is 2.05. The maximum Gasteiger partial charge on any atom is 0.243 e. The largest absolute Gasteiger partial charge is 0.313 e. The number of nitrogens with one attached hydrogen (secondary N) is 1. The summed E-state index contributed by atoms with van der Waals surface area (Å²) in [5, 5.41) is 3.31. The lowest BCUT2D eigenvalue weighted by molar-refractivity contribution is 0.394. The lowest BCUT2D eigenvalue weighted by atomic mass is 10.2. The van der Waals surface area contributed by atoms with E-state index in [0.29, 0.717) is 4.90 Å². The smallest absolute Gasteiger partial charge is 0.243 e. The van der Waals surface area contributed by atoms with E-state index in [1.54, 1.807) is 19.2 Å². The summed E-state index contributed by atoms with van der Waals surface area (Å²) in [6, 6.07) is 7.36. The predicted molar refractivity (Wildman–Crippen MR) is 89.1 cm³/mol. The first-order valence-corrected chi connectivity index (χ1v) is 10.0. The summed E-state index contributed by atoms with van der Waals surface area (Å²) in [5.74, 6) is 1.95.